The first-order valence-electron chi connectivity index (χ1n) is 6.13. The van der Waals surface area contributed by atoms with Gasteiger partial charge in [0.15, 0.2) is 0 Å². The molecule has 1 aliphatic heterocycles. The fourth-order valence-corrected chi connectivity index (χ4v) is 2.71. The summed E-state index contributed by atoms with van der Waals surface area (Å²) in [6, 6.07) is 7.05. The molecule has 1 aliphatic carbocycles. The molecule has 0 radical (unpaired) electrons. The molecule has 2 heteroatoms. The lowest BCUT2D eigenvalue weighted by molar-refractivity contribution is 0.713. The molecule has 1 heterocycles. The normalized spacial score (nSPS) is 24.1. The molecule has 3 N–H and O–H groups in total. The molecule has 0 saturated carbocycles. The van der Waals surface area contributed by atoms with Crippen LogP contribution in [-0.4, -0.2) is 13.1 Å². The van der Waals surface area contributed by atoms with Crippen molar-refractivity contribution in [1.29, 1.82) is 0 Å². The highest BCUT2D eigenvalue weighted by Gasteiger charge is 2.19. The van der Waals surface area contributed by atoms with Crippen molar-refractivity contribution < 1.29 is 0 Å². The highest BCUT2D eigenvalue weighted by Crippen LogP contribution is 2.31. The topological polar surface area (TPSA) is 38.0 Å². The van der Waals surface area contributed by atoms with Gasteiger partial charge in [-0.25, -0.2) is 0 Å². The summed E-state index contributed by atoms with van der Waals surface area (Å²) >= 11 is 0. The maximum atomic E-state index is 6.05. The van der Waals surface area contributed by atoms with Crippen LogP contribution in [-0.2, 0) is 6.42 Å². The first-order valence-corrected chi connectivity index (χ1v) is 6.13. The number of hydrogen-bond acceptors (Lipinski definition) is 2. The number of nitrogens with two attached hydrogens (primary N) is 1. The zero-order chi connectivity index (χ0) is 11.0. The minimum absolute atomic E-state index is 0.266. The molecular formula is C14H18N2. The van der Waals surface area contributed by atoms with Gasteiger partial charge in [0.1, 0.15) is 0 Å². The van der Waals surface area contributed by atoms with Gasteiger partial charge < -0.3 is 11.1 Å². The molecule has 0 bridgehead atoms. The number of benzene rings is 1. The summed E-state index contributed by atoms with van der Waals surface area (Å²) in [5.41, 5.74) is 11.7. The van der Waals surface area contributed by atoms with E-state index in [4.69, 9.17) is 5.73 Å². The molecule has 0 aromatic heterocycles. The molecule has 1 atom stereocenters. The standard InChI is InChI=1S/C14H18N2/c15-14-6-4-11-8-10(3-5-13(11)14)12-2-1-7-16-9-12/h2-3,5,8,14,16H,1,4,6-7,9,15H2. The molecule has 2 aliphatic rings. The van der Waals surface area contributed by atoms with Crippen LogP contribution in [0.5, 0.6) is 0 Å². The molecule has 0 fully saturated rings. The number of hydrogen-bond donors (Lipinski definition) is 2. The molecule has 0 amide bonds. The third-order valence-electron chi connectivity index (χ3n) is 3.67. The maximum absolute atomic E-state index is 6.05. The van der Waals surface area contributed by atoms with E-state index in [-0.39, 0.29) is 6.04 Å². The number of rotatable bonds is 1. The third kappa shape index (κ3) is 1.68. The van der Waals surface area contributed by atoms with Crippen LogP contribution < -0.4 is 11.1 Å². The van der Waals surface area contributed by atoms with E-state index < -0.39 is 0 Å². The molecule has 0 saturated heterocycles. The lowest BCUT2D eigenvalue weighted by atomic mass is 9.98. The first-order chi connectivity index (χ1) is 7.84. The largest absolute Gasteiger partial charge is 0.324 e. The lowest BCUT2D eigenvalue weighted by Gasteiger charge is -2.15. The number of fused-ring (bicyclic) bond motifs is 1. The van der Waals surface area contributed by atoms with Crippen LogP contribution in [0.4, 0.5) is 0 Å². The average molecular weight is 214 g/mol. The molecule has 3 rings (SSSR count). The van der Waals surface area contributed by atoms with Gasteiger partial charge in [-0.05, 0) is 48.1 Å². The van der Waals surface area contributed by atoms with E-state index in [0.717, 1.165) is 32.4 Å². The first kappa shape index (κ1) is 10.1. The lowest BCUT2D eigenvalue weighted by Crippen LogP contribution is -2.21. The zero-order valence-corrected chi connectivity index (χ0v) is 9.50. The van der Waals surface area contributed by atoms with Crippen molar-refractivity contribution in [1.82, 2.24) is 5.32 Å². The van der Waals surface area contributed by atoms with Gasteiger partial charge >= 0.3 is 0 Å². The molecule has 84 valence electrons. The smallest absolute Gasteiger partial charge is 0.0300 e. The second kappa shape index (κ2) is 4.04. The van der Waals surface area contributed by atoms with Crippen molar-refractivity contribution in [3.63, 3.8) is 0 Å². The third-order valence-corrected chi connectivity index (χ3v) is 3.67. The van der Waals surface area contributed by atoms with Crippen molar-refractivity contribution in [3.05, 3.63) is 41.0 Å². The van der Waals surface area contributed by atoms with Gasteiger partial charge in [0, 0.05) is 12.6 Å². The molecular weight excluding hydrogens is 196 g/mol. The molecule has 0 spiro atoms. The van der Waals surface area contributed by atoms with Gasteiger partial charge in [-0.2, -0.15) is 0 Å². The molecule has 16 heavy (non-hydrogen) atoms. The summed E-state index contributed by atoms with van der Waals surface area (Å²) in [5.74, 6) is 0. The van der Waals surface area contributed by atoms with Crippen LogP contribution in [0.3, 0.4) is 0 Å². The SMILES string of the molecule is NC1CCc2cc(C3=CCCNC3)ccc21. The summed E-state index contributed by atoms with van der Waals surface area (Å²) in [6.07, 6.45) is 5.75. The molecule has 1 aromatic rings. The molecule has 1 unspecified atom stereocenters. The summed E-state index contributed by atoms with van der Waals surface area (Å²) in [7, 11) is 0. The van der Waals surface area contributed by atoms with Crippen LogP contribution in [0.1, 0.15) is 35.6 Å². The monoisotopic (exact) mass is 214 g/mol. The number of nitrogens with one attached hydrogen (secondary N) is 1. The van der Waals surface area contributed by atoms with Crippen molar-refractivity contribution in [3.8, 4) is 0 Å². The Bertz CT molecular complexity index is 434. The van der Waals surface area contributed by atoms with E-state index in [9.17, 15) is 0 Å². The predicted molar refractivity (Wildman–Crippen MR) is 67.2 cm³/mol. The average Bonchev–Trinajstić information content (AvgIpc) is 2.72. The van der Waals surface area contributed by atoms with Gasteiger partial charge in [0.05, 0.1) is 0 Å². The van der Waals surface area contributed by atoms with E-state index in [1.165, 1.54) is 22.3 Å². The Morgan fingerprint density at radius 1 is 1.31 bits per heavy atom. The predicted octanol–water partition coefficient (Wildman–Crippen LogP) is 2.01. The van der Waals surface area contributed by atoms with E-state index in [1.54, 1.807) is 0 Å². The summed E-state index contributed by atoms with van der Waals surface area (Å²) in [4.78, 5) is 0. The van der Waals surface area contributed by atoms with Gasteiger partial charge in [-0.3, -0.25) is 0 Å². The Hall–Kier alpha value is -1.12. The summed E-state index contributed by atoms with van der Waals surface area (Å²) in [6.45, 7) is 2.12. The molecule has 2 nitrogen and oxygen atoms in total. The van der Waals surface area contributed by atoms with E-state index in [2.05, 4.69) is 29.6 Å². The van der Waals surface area contributed by atoms with Gasteiger partial charge in [-0.15, -0.1) is 0 Å². The van der Waals surface area contributed by atoms with Gasteiger partial charge in [0.2, 0.25) is 0 Å². The minimum Gasteiger partial charge on any atom is -0.324 e. The second-order valence-electron chi connectivity index (χ2n) is 4.75. The minimum atomic E-state index is 0.266. The van der Waals surface area contributed by atoms with Crippen LogP contribution in [0.25, 0.3) is 5.57 Å². The fourth-order valence-electron chi connectivity index (χ4n) is 2.71. The van der Waals surface area contributed by atoms with Gasteiger partial charge in [-0.1, -0.05) is 24.3 Å². The Balaban J connectivity index is 1.95. The van der Waals surface area contributed by atoms with Crippen LogP contribution in [0.2, 0.25) is 0 Å². The molecule has 1 aromatic carbocycles. The summed E-state index contributed by atoms with van der Waals surface area (Å²) < 4.78 is 0. The zero-order valence-electron chi connectivity index (χ0n) is 9.50. The Morgan fingerprint density at radius 3 is 3.06 bits per heavy atom. The summed E-state index contributed by atoms with van der Waals surface area (Å²) in [5, 5.41) is 3.42. The Kier molecular flexibility index (Phi) is 2.54. The highest BCUT2D eigenvalue weighted by atomic mass is 14.9. The Labute approximate surface area is 96.5 Å². The van der Waals surface area contributed by atoms with Crippen molar-refractivity contribution in [2.75, 3.05) is 13.1 Å². The highest BCUT2D eigenvalue weighted by molar-refractivity contribution is 5.68. The second-order valence-corrected chi connectivity index (χ2v) is 4.75. The van der Waals surface area contributed by atoms with Crippen molar-refractivity contribution in [2.24, 2.45) is 5.73 Å². The Morgan fingerprint density at radius 2 is 2.25 bits per heavy atom. The van der Waals surface area contributed by atoms with Gasteiger partial charge in [0.25, 0.3) is 0 Å². The van der Waals surface area contributed by atoms with Crippen molar-refractivity contribution in [2.45, 2.75) is 25.3 Å². The fraction of sp³-hybridized carbons (Fsp3) is 0.429. The van der Waals surface area contributed by atoms with E-state index in [0.29, 0.717) is 0 Å². The van der Waals surface area contributed by atoms with E-state index >= 15 is 0 Å². The van der Waals surface area contributed by atoms with Crippen LogP contribution in [0, 0.1) is 0 Å². The quantitative estimate of drug-likeness (QED) is 0.750. The van der Waals surface area contributed by atoms with Crippen molar-refractivity contribution >= 4 is 5.57 Å². The van der Waals surface area contributed by atoms with E-state index in [1.807, 2.05) is 0 Å². The number of aryl methyl sites for hydroxylation is 1. The maximum Gasteiger partial charge on any atom is 0.0300 e. The van der Waals surface area contributed by atoms with Crippen LogP contribution in [0.15, 0.2) is 24.3 Å². The van der Waals surface area contributed by atoms with Crippen LogP contribution >= 0.6 is 0 Å².